The Hall–Kier alpha value is -1.16. The van der Waals surface area contributed by atoms with Gasteiger partial charge in [0, 0.05) is 5.56 Å². The van der Waals surface area contributed by atoms with Crippen LogP contribution < -0.4 is 4.74 Å². The van der Waals surface area contributed by atoms with Gasteiger partial charge >= 0.3 is 0 Å². The fraction of sp³-hybridized carbons (Fsp3) is 0.273. The van der Waals surface area contributed by atoms with E-state index in [-0.39, 0.29) is 5.78 Å². The Labute approximate surface area is 97.6 Å². The molecule has 3 nitrogen and oxygen atoms in total. The van der Waals surface area contributed by atoms with Crippen molar-refractivity contribution in [3.63, 3.8) is 0 Å². The largest absolute Gasteiger partial charge is 0.497 e. The SMILES string of the molecule is CC=O.COc1cccc(C(=O)CBr)c1. The fourth-order valence-corrected chi connectivity index (χ4v) is 1.20. The van der Waals surface area contributed by atoms with Crippen LogP contribution in [-0.2, 0) is 4.79 Å². The zero-order valence-electron chi connectivity index (χ0n) is 8.70. The van der Waals surface area contributed by atoms with Crippen LogP contribution in [-0.4, -0.2) is 24.5 Å². The molecule has 0 aromatic heterocycles. The van der Waals surface area contributed by atoms with Crippen LogP contribution in [0.5, 0.6) is 5.75 Å². The number of halogens is 1. The van der Waals surface area contributed by atoms with Crippen molar-refractivity contribution in [3.8, 4) is 5.75 Å². The molecule has 1 rings (SSSR count). The first-order chi connectivity index (χ1) is 7.19. The normalized spacial score (nSPS) is 8.47. The van der Waals surface area contributed by atoms with E-state index in [1.165, 1.54) is 6.92 Å². The van der Waals surface area contributed by atoms with Crippen LogP contribution in [0.15, 0.2) is 24.3 Å². The Morgan fingerprint density at radius 1 is 1.53 bits per heavy atom. The van der Waals surface area contributed by atoms with Crippen molar-refractivity contribution in [2.45, 2.75) is 6.92 Å². The third-order valence-corrected chi connectivity index (χ3v) is 2.02. The van der Waals surface area contributed by atoms with Gasteiger partial charge in [0.1, 0.15) is 12.0 Å². The summed E-state index contributed by atoms with van der Waals surface area (Å²) < 4.78 is 4.98. The van der Waals surface area contributed by atoms with Crippen LogP contribution in [0.4, 0.5) is 0 Å². The Kier molecular flexibility index (Phi) is 7.54. The number of carbonyl (C=O) groups excluding carboxylic acids is 2. The lowest BCUT2D eigenvalue weighted by atomic mass is 10.1. The molecule has 82 valence electrons. The molecule has 0 aliphatic carbocycles. The second kappa shape index (κ2) is 8.17. The lowest BCUT2D eigenvalue weighted by Gasteiger charge is -2.00. The Balaban J connectivity index is 0.000000583. The highest BCUT2D eigenvalue weighted by atomic mass is 79.9. The predicted molar refractivity (Wildman–Crippen MR) is 62.9 cm³/mol. The van der Waals surface area contributed by atoms with Gasteiger partial charge in [-0.05, 0) is 19.1 Å². The molecule has 0 spiro atoms. The van der Waals surface area contributed by atoms with Crippen molar-refractivity contribution in [1.29, 1.82) is 0 Å². The van der Waals surface area contributed by atoms with Crippen LogP contribution in [0.3, 0.4) is 0 Å². The third-order valence-electron chi connectivity index (χ3n) is 1.51. The molecule has 0 amide bonds. The van der Waals surface area contributed by atoms with Gasteiger partial charge in [0.25, 0.3) is 0 Å². The quantitative estimate of drug-likeness (QED) is 0.482. The maximum absolute atomic E-state index is 11.2. The molecule has 0 unspecified atom stereocenters. The van der Waals surface area contributed by atoms with Crippen molar-refractivity contribution >= 4 is 28.0 Å². The number of carbonyl (C=O) groups is 2. The number of alkyl halides is 1. The predicted octanol–water partition coefficient (Wildman–Crippen LogP) is 2.48. The smallest absolute Gasteiger partial charge is 0.173 e. The lowest BCUT2D eigenvalue weighted by Crippen LogP contribution is -1.99. The molecular weight excluding hydrogens is 260 g/mol. The fourth-order valence-electron chi connectivity index (χ4n) is 0.874. The van der Waals surface area contributed by atoms with Gasteiger partial charge in [-0.25, -0.2) is 0 Å². The van der Waals surface area contributed by atoms with Gasteiger partial charge in [-0.3, -0.25) is 4.79 Å². The zero-order valence-corrected chi connectivity index (χ0v) is 10.3. The van der Waals surface area contributed by atoms with Gasteiger partial charge in [0.2, 0.25) is 0 Å². The van der Waals surface area contributed by atoms with Crippen molar-refractivity contribution in [1.82, 2.24) is 0 Å². The number of methoxy groups -OCH3 is 1. The number of rotatable bonds is 3. The maximum atomic E-state index is 11.2. The molecule has 15 heavy (non-hydrogen) atoms. The lowest BCUT2D eigenvalue weighted by molar-refractivity contribution is -0.106. The summed E-state index contributed by atoms with van der Waals surface area (Å²) in [5.74, 6) is 0.774. The van der Waals surface area contributed by atoms with Gasteiger partial charge in [0.15, 0.2) is 5.78 Å². The standard InChI is InChI=1S/C9H9BrO2.C2H4O/c1-12-8-4-2-3-7(5-8)9(11)6-10;1-2-3/h2-5H,6H2,1H3;2H,1H3. The summed E-state index contributed by atoms with van der Waals surface area (Å²) in [4.78, 5) is 20.0. The summed E-state index contributed by atoms with van der Waals surface area (Å²) in [6.45, 7) is 1.44. The molecule has 0 N–H and O–H groups in total. The van der Waals surface area contributed by atoms with Crippen molar-refractivity contribution in [2.75, 3.05) is 12.4 Å². The average molecular weight is 273 g/mol. The van der Waals surface area contributed by atoms with E-state index in [2.05, 4.69) is 15.9 Å². The van der Waals surface area contributed by atoms with Gasteiger partial charge < -0.3 is 9.53 Å². The van der Waals surface area contributed by atoms with Gasteiger partial charge in [-0.2, -0.15) is 0 Å². The minimum Gasteiger partial charge on any atom is -0.497 e. The summed E-state index contributed by atoms with van der Waals surface area (Å²) >= 11 is 3.11. The van der Waals surface area contributed by atoms with Crippen molar-refractivity contribution < 1.29 is 14.3 Å². The Bertz CT molecular complexity index is 323. The van der Waals surface area contributed by atoms with Gasteiger partial charge in [-0.1, -0.05) is 28.1 Å². The summed E-state index contributed by atoms with van der Waals surface area (Å²) in [6.07, 6.45) is 0.750. The average Bonchev–Trinajstić information content (AvgIpc) is 2.29. The highest BCUT2D eigenvalue weighted by Gasteiger charge is 2.03. The Morgan fingerprint density at radius 2 is 2.13 bits per heavy atom. The molecule has 1 aromatic rings. The molecule has 0 heterocycles. The summed E-state index contributed by atoms with van der Waals surface area (Å²) in [5.41, 5.74) is 0.672. The minimum atomic E-state index is 0.0638. The summed E-state index contributed by atoms with van der Waals surface area (Å²) in [6, 6.07) is 7.11. The maximum Gasteiger partial charge on any atom is 0.173 e. The molecule has 0 aliphatic rings. The van der Waals surface area contributed by atoms with Crippen molar-refractivity contribution in [3.05, 3.63) is 29.8 Å². The molecule has 0 saturated carbocycles. The van der Waals surface area contributed by atoms with E-state index in [1.807, 2.05) is 6.07 Å². The first kappa shape index (κ1) is 13.8. The highest BCUT2D eigenvalue weighted by Crippen LogP contribution is 2.13. The number of Topliss-reactive ketones (excluding diaryl/α,β-unsaturated/α-hetero) is 1. The topological polar surface area (TPSA) is 43.4 Å². The van der Waals surface area contributed by atoms with Crippen LogP contribution >= 0.6 is 15.9 Å². The molecule has 0 radical (unpaired) electrons. The number of aldehydes is 1. The number of benzene rings is 1. The van der Waals surface area contributed by atoms with E-state index in [1.54, 1.807) is 25.3 Å². The first-order valence-corrected chi connectivity index (χ1v) is 5.44. The molecule has 0 aliphatic heterocycles. The van der Waals surface area contributed by atoms with Crippen molar-refractivity contribution in [2.24, 2.45) is 0 Å². The van der Waals surface area contributed by atoms with Gasteiger partial charge in [-0.15, -0.1) is 0 Å². The van der Waals surface area contributed by atoms with Crippen LogP contribution in [0, 0.1) is 0 Å². The van der Waals surface area contributed by atoms with E-state index in [4.69, 9.17) is 9.53 Å². The summed E-state index contributed by atoms with van der Waals surface area (Å²) in [5, 5.41) is 0.347. The Morgan fingerprint density at radius 3 is 2.60 bits per heavy atom. The number of hydrogen-bond acceptors (Lipinski definition) is 3. The molecule has 0 bridgehead atoms. The number of ether oxygens (including phenoxy) is 1. The zero-order chi connectivity index (χ0) is 11.7. The molecule has 4 heteroatoms. The first-order valence-electron chi connectivity index (χ1n) is 4.32. The van der Waals surface area contributed by atoms with E-state index < -0.39 is 0 Å². The van der Waals surface area contributed by atoms with Crippen LogP contribution in [0.2, 0.25) is 0 Å². The number of hydrogen-bond donors (Lipinski definition) is 0. The minimum absolute atomic E-state index is 0.0638. The molecular formula is C11H13BrO3. The number of ketones is 1. The van der Waals surface area contributed by atoms with E-state index in [9.17, 15) is 4.79 Å². The third kappa shape index (κ3) is 5.32. The summed E-state index contributed by atoms with van der Waals surface area (Å²) in [7, 11) is 1.58. The highest BCUT2D eigenvalue weighted by molar-refractivity contribution is 9.09. The van der Waals surface area contributed by atoms with Crippen LogP contribution in [0.25, 0.3) is 0 Å². The van der Waals surface area contributed by atoms with E-state index in [0.29, 0.717) is 16.6 Å². The molecule has 0 atom stereocenters. The molecule has 1 aromatic carbocycles. The van der Waals surface area contributed by atoms with E-state index >= 15 is 0 Å². The molecule has 0 saturated heterocycles. The second-order valence-corrected chi connectivity index (χ2v) is 3.09. The molecule has 0 fully saturated rings. The van der Waals surface area contributed by atoms with Crippen LogP contribution in [0.1, 0.15) is 17.3 Å². The monoisotopic (exact) mass is 272 g/mol. The van der Waals surface area contributed by atoms with Gasteiger partial charge in [0.05, 0.1) is 12.4 Å². The van der Waals surface area contributed by atoms with E-state index in [0.717, 1.165) is 6.29 Å². The second-order valence-electron chi connectivity index (χ2n) is 2.52.